The molecule has 0 aliphatic carbocycles. The molecule has 6 heteroatoms. The fraction of sp³-hybridized carbons (Fsp3) is 0.667. The van der Waals surface area contributed by atoms with Gasteiger partial charge in [0.15, 0.2) is 0 Å². The second-order valence-electron chi connectivity index (χ2n) is 3.58. The number of allylic oxidation sites excluding steroid dienone is 1. The lowest BCUT2D eigenvalue weighted by Crippen LogP contribution is -2.13. The van der Waals surface area contributed by atoms with Crippen LogP contribution in [0.1, 0.15) is 32.1 Å². The number of rotatable bonds is 10. The summed E-state index contributed by atoms with van der Waals surface area (Å²) in [7, 11) is 0. The molecule has 0 aromatic carbocycles. The smallest absolute Gasteiger partial charge is 0.306 e. The lowest BCUT2D eigenvalue weighted by Gasteiger charge is -2.05. The molecule has 0 fully saturated rings. The molecule has 0 amide bonds. The van der Waals surface area contributed by atoms with Gasteiger partial charge in [0, 0.05) is 0 Å². The Morgan fingerprint density at radius 1 is 1.11 bits per heavy atom. The van der Waals surface area contributed by atoms with Gasteiger partial charge in [-0.2, -0.15) is 0 Å². The summed E-state index contributed by atoms with van der Waals surface area (Å²) in [6, 6.07) is 0. The van der Waals surface area contributed by atoms with Crippen molar-refractivity contribution in [3.63, 3.8) is 0 Å². The second kappa shape index (κ2) is 11.4. The predicted molar refractivity (Wildman–Crippen MR) is 70.7 cm³/mol. The number of halogens is 2. The normalized spacial score (nSPS) is 10.2. The standard InChI is InChI=1S/C12H18Cl2O4/c1-2-3-4-5-8-17-11(15)6-7-12(16)18-9-10(13)14/h2,10H,1,3-9H2. The van der Waals surface area contributed by atoms with Crippen LogP contribution < -0.4 is 0 Å². The number of ether oxygens (including phenoxy) is 2. The quantitative estimate of drug-likeness (QED) is 0.269. The maximum Gasteiger partial charge on any atom is 0.306 e. The Labute approximate surface area is 117 Å². The third-order valence-corrected chi connectivity index (χ3v) is 2.22. The van der Waals surface area contributed by atoms with Crippen LogP contribution in [0.3, 0.4) is 0 Å². The Morgan fingerprint density at radius 3 is 2.28 bits per heavy atom. The van der Waals surface area contributed by atoms with Crippen LogP contribution in [0, 0.1) is 0 Å². The minimum atomic E-state index is -0.745. The molecule has 0 heterocycles. The highest BCUT2D eigenvalue weighted by Gasteiger charge is 2.10. The Bertz CT molecular complexity index is 267. The largest absolute Gasteiger partial charge is 0.466 e. The summed E-state index contributed by atoms with van der Waals surface area (Å²) < 4.78 is 9.62. The van der Waals surface area contributed by atoms with Crippen molar-refractivity contribution in [2.45, 2.75) is 36.9 Å². The zero-order valence-electron chi connectivity index (χ0n) is 10.2. The Hall–Kier alpha value is -0.740. The molecule has 0 unspecified atom stereocenters. The van der Waals surface area contributed by atoms with Crippen molar-refractivity contribution in [1.29, 1.82) is 0 Å². The number of carbonyl (C=O) groups excluding carboxylic acids is 2. The third kappa shape index (κ3) is 11.7. The van der Waals surface area contributed by atoms with Crippen molar-refractivity contribution in [3.05, 3.63) is 12.7 Å². The Kier molecular flexibility index (Phi) is 10.9. The Morgan fingerprint density at radius 2 is 1.72 bits per heavy atom. The monoisotopic (exact) mass is 296 g/mol. The fourth-order valence-electron chi connectivity index (χ4n) is 1.08. The van der Waals surface area contributed by atoms with Crippen LogP contribution in [0.4, 0.5) is 0 Å². The summed E-state index contributed by atoms with van der Waals surface area (Å²) in [5.74, 6) is -0.913. The van der Waals surface area contributed by atoms with Crippen LogP contribution in [-0.2, 0) is 19.1 Å². The molecular weight excluding hydrogens is 279 g/mol. The zero-order valence-corrected chi connectivity index (χ0v) is 11.7. The van der Waals surface area contributed by atoms with Crippen molar-refractivity contribution in [2.75, 3.05) is 13.2 Å². The van der Waals surface area contributed by atoms with Gasteiger partial charge in [-0.25, -0.2) is 0 Å². The van der Waals surface area contributed by atoms with Crippen molar-refractivity contribution < 1.29 is 19.1 Å². The molecule has 0 spiro atoms. The number of hydrogen-bond acceptors (Lipinski definition) is 4. The fourth-order valence-corrected chi connectivity index (χ4v) is 1.21. The average Bonchev–Trinajstić information content (AvgIpc) is 2.33. The van der Waals surface area contributed by atoms with Crippen molar-refractivity contribution >= 4 is 35.1 Å². The topological polar surface area (TPSA) is 52.6 Å². The van der Waals surface area contributed by atoms with E-state index < -0.39 is 16.8 Å². The number of alkyl halides is 2. The van der Waals surface area contributed by atoms with E-state index in [-0.39, 0.29) is 19.4 Å². The van der Waals surface area contributed by atoms with Crippen molar-refractivity contribution in [2.24, 2.45) is 0 Å². The maximum absolute atomic E-state index is 11.2. The van der Waals surface area contributed by atoms with Gasteiger partial charge in [0.2, 0.25) is 0 Å². The molecular formula is C12H18Cl2O4. The van der Waals surface area contributed by atoms with Gasteiger partial charge in [-0.3, -0.25) is 9.59 Å². The van der Waals surface area contributed by atoms with E-state index in [2.05, 4.69) is 11.3 Å². The summed E-state index contributed by atoms with van der Waals surface area (Å²) in [5, 5.41) is 0. The van der Waals surface area contributed by atoms with E-state index in [9.17, 15) is 9.59 Å². The van der Waals surface area contributed by atoms with Gasteiger partial charge >= 0.3 is 11.9 Å². The van der Waals surface area contributed by atoms with E-state index in [1.165, 1.54) is 0 Å². The van der Waals surface area contributed by atoms with Gasteiger partial charge in [-0.05, 0) is 19.3 Å². The van der Waals surface area contributed by atoms with Crippen LogP contribution in [0.25, 0.3) is 0 Å². The van der Waals surface area contributed by atoms with Gasteiger partial charge < -0.3 is 9.47 Å². The first-order valence-corrected chi connectivity index (χ1v) is 6.64. The molecule has 0 radical (unpaired) electrons. The van der Waals surface area contributed by atoms with Crippen LogP contribution in [0.15, 0.2) is 12.7 Å². The SMILES string of the molecule is C=CCCCCOC(=O)CCC(=O)OCC(Cl)Cl. The second-order valence-corrected chi connectivity index (χ2v) is 4.86. The maximum atomic E-state index is 11.2. The molecule has 104 valence electrons. The summed E-state index contributed by atoms with van der Waals surface area (Å²) >= 11 is 10.8. The van der Waals surface area contributed by atoms with E-state index >= 15 is 0 Å². The number of unbranched alkanes of at least 4 members (excludes halogenated alkanes) is 2. The van der Waals surface area contributed by atoms with Gasteiger partial charge in [0.25, 0.3) is 0 Å². The first-order valence-electron chi connectivity index (χ1n) is 5.76. The molecule has 0 aliphatic heterocycles. The number of hydrogen-bond donors (Lipinski definition) is 0. The molecule has 0 atom stereocenters. The number of esters is 2. The molecule has 0 saturated carbocycles. The highest BCUT2D eigenvalue weighted by molar-refractivity contribution is 6.44. The van der Waals surface area contributed by atoms with Crippen molar-refractivity contribution in [3.8, 4) is 0 Å². The summed E-state index contributed by atoms with van der Waals surface area (Å²) in [4.78, 5) is 21.6. The highest BCUT2D eigenvalue weighted by atomic mass is 35.5. The molecule has 0 aromatic heterocycles. The molecule has 0 bridgehead atoms. The van der Waals surface area contributed by atoms with Crippen LogP contribution >= 0.6 is 23.2 Å². The molecule has 0 rings (SSSR count). The molecule has 4 nitrogen and oxygen atoms in total. The molecule has 0 N–H and O–H groups in total. The third-order valence-electron chi connectivity index (χ3n) is 1.97. The van der Waals surface area contributed by atoms with E-state index in [0.717, 1.165) is 19.3 Å². The van der Waals surface area contributed by atoms with Crippen LogP contribution in [-0.4, -0.2) is 30.0 Å². The molecule has 0 aromatic rings. The van der Waals surface area contributed by atoms with Gasteiger partial charge in [0.1, 0.15) is 11.4 Å². The van der Waals surface area contributed by atoms with Gasteiger partial charge in [-0.15, -0.1) is 29.8 Å². The van der Waals surface area contributed by atoms with Gasteiger partial charge in [0.05, 0.1) is 19.4 Å². The van der Waals surface area contributed by atoms with E-state index in [1.54, 1.807) is 0 Å². The minimum Gasteiger partial charge on any atom is -0.466 e. The summed E-state index contributed by atoms with van der Waals surface area (Å²) in [6.07, 6.45) is 4.44. The summed E-state index contributed by atoms with van der Waals surface area (Å²) in [6.45, 7) is 3.89. The zero-order chi connectivity index (χ0) is 13.8. The molecule has 18 heavy (non-hydrogen) atoms. The minimum absolute atomic E-state index is 0.00945. The average molecular weight is 297 g/mol. The Balaban J connectivity index is 3.46. The first kappa shape index (κ1) is 17.3. The highest BCUT2D eigenvalue weighted by Crippen LogP contribution is 2.04. The van der Waals surface area contributed by atoms with Crippen molar-refractivity contribution in [1.82, 2.24) is 0 Å². The van der Waals surface area contributed by atoms with E-state index in [1.807, 2.05) is 6.08 Å². The summed E-state index contributed by atoms with van der Waals surface area (Å²) in [5.41, 5.74) is 0. The predicted octanol–water partition coefficient (Wildman–Crippen LogP) is 3.01. The molecule has 0 saturated heterocycles. The lowest BCUT2D eigenvalue weighted by molar-refractivity contribution is -0.150. The van der Waals surface area contributed by atoms with E-state index in [0.29, 0.717) is 6.61 Å². The number of carbonyl (C=O) groups is 2. The van der Waals surface area contributed by atoms with E-state index in [4.69, 9.17) is 27.9 Å². The lowest BCUT2D eigenvalue weighted by atomic mass is 10.2. The van der Waals surface area contributed by atoms with Crippen LogP contribution in [0.2, 0.25) is 0 Å². The molecule has 0 aliphatic rings. The first-order chi connectivity index (χ1) is 8.56. The van der Waals surface area contributed by atoms with Crippen LogP contribution in [0.5, 0.6) is 0 Å². The van der Waals surface area contributed by atoms with Gasteiger partial charge in [-0.1, -0.05) is 6.08 Å².